The van der Waals surface area contributed by atoms with Crippen LogP contribution in [0.15, 0.2) is 18.2 Å². The van der Waals surface area contributed by atoms with E-state index in [9.17, 15) is 0 Å². The van der Waals surface area contributed by atoms with Gasteiger partial charge in [-0.3, -0.25) is 10.5 Å². The summed E-state index contributed by atoms with van der Waals surface area (Å²) in [5.74, 6) is 6.64. The quantitative estimate of drug-likeness (QED) is 0.660. The lowest BCUT2D eigenvalue weighted by atomic mass is 9.95. The summed E-state index contributed by atoms with van der Waals surface area (Å²) in [5, 5.41) is 4.46. The minimum Gasteiger partial charge on any atom is -0.496 e. The minimum absolute atomic E-state index is 0.140. The van der Waals surface area contributed by atoms with Gasteiger partial charge in [0, 0.05) is 23.9 Å². The molecule has 0 fully saturated rings. The zero-order valence-electron chi connectivity index (χ0n) is 12.7. The molecule has 0 aliphatic carbocycles. The van der Waals surface area contributed by atoms with Gasteiger partial charge in [0.05, 0.1) is 18.8 Å². The van der Waals surface area contributed by atoms with Crippen molar-refractivity contribution in [3.63, 3.8) is 0 Å². The van der Waals surface area contributed by atoms with Gasteiger partial charge in [0.15, 0.2) is 0 Å². The Balaban J connectivity index is 2.61. The van der Waals surface area contributed by atoms with Crippen molar-refractivity contribution in [2.75, 3.05) is 7.11 Å². The van der Waals surface area contributed by atoms with Crippen molar-refractivity contribution in [3.8, 4) is 5.75 Å². The highest BCUT2D eigenvalue weighted by atomic mass is 16.5. The van der Waals surface area contributed by atoms with E-state index in [2.05, 4.69) is 23.5 Å². The fourth-order valence-electron chi connectivity index (χ4n) is 2.62. The molecule has 2 aromatic rings. The van der Waals surface area contributed by atoms with Crippen molar-refractivity contribution >= 4 is 0 Å². The molecule has 0 radical (unpaired) electrons. The number of aromatic nitrogens is 2. The number of ether oxygens (including phenoxy) is 1. The molecule has 1 atom stereocenters. The Morgan fingerprint density at radius 3 is 2.50 bits per heavy atom. The number of nitrogens with one attached hydrogen (secondary N) is 1. The lowest BCUT2D eigenvalue weighted by Gasteiger charge is -2.20. The molecule has 20 heavy (non-hydrogen) atoms. The molecule has 5 heteroatoms. The summed E-state index contributed by atoms with van der Waals surface area (Å²) in [7, 11) is 3.61. The molecular weight excluding hydrogens is 252 g/mol. The van der Waals surface area contributed by atoms with E-state index in [1.807, 2.05) is 37.7 Å². The van der Waals surface area contributed by atoms with Gasteiger partial charge in [0.2, 0.25) is 0 Å². The van der Waals surface area contributed by atoms with Crippen molar-refractivity contribution in [2.45, 2.75) is 26.8 Å². The van der Waals surface area contributed by atoms with Crippen LogP contribution in [-0.2, 0) is 7.05 Å². The summed E-state index contributed by atoms with van der Waals surface area (Å²) in [6.45, 7) is 6.09. The van der Waals surface area contributed by atoms with Gasteiger partial charge in [-0.2, -0.15) is 5.10 Å². The van der Waals surface area contributed by atoms with Gasteiger partial charge in [-0.05, 0) is 26.8 Å². The van der Waals surface area contributed by atoms with Crippen LogP contribution in [0.5, 0.6) is 5.75 Å². The number of aryl methyl sites for hydroxylation is 3. The summed E-state index contributed by atoms with van der Waals surface area (Å²) >= 11 is 0. The number of benzene rings is 1. The number of hydrogen-bond donors (Lipinski definition) is 2. The first-order chi connectivity index (χ1) is 9.49. The number of nitrogens with zero attached hydrogens (tertiary/aromatic N) is 2. The van der Waals surface area contributed by atoms with Crippen LogP contribution in [0.4, 0.5) is 0 Å². The standard InChI is InChI=1S/C15H22N4O/c1-9-6-7-13(20-5)12(8-9)15(17-16)14-10(2)18-19(4)11(14)3/h6-8,15,17H,16H2,1-5H3. The van der Waals surface area contributed by atoms with E-state index in [1.54, 1.807) is 7.11 Å². The Bertz CT molecular complexity index is 619. The van der Waals surface area contributed by atoms with Crippen LogP contribution in [0.3, 0.4) is 0 Å². The molecule has 0 amide bonds. The van der Waals surface area contributed by atoms with Gasteiger partial charge in [-0.1, -0.05) is 17.7 Å². The zero-order chi connectivity index (χ0) is 14.9. The molecule has 1 unspecified atom stereocenters. The molecule has 1 heterocycles. The van der Waals surface area contributed by atoms with Gasteiger partial charge in [0.1, 0.15) is 5.75 Å². The topological polar surface area (TPSA) is 65.1 Å². The average molecular weight is 274 g/mol. The maximum absolute atomic E-state index is 5.81. The van der Waals surface area contributed by atoms with Gasteiger partial charge in [-0.25, -0.2) is 5.43 Å². The SMILES string of the molecule is COc1ccc(C)cc1C(NN)c1c(C)nn(C)c1C. The monoisotopic (exact) mass is 274 g/mol. The van der Waals surface area contributed by atoms with Gasteiger partial charge in [-0.15, -0.1) is 0 Å². The molecule has 108 valence electrons. The van der Waals surface area contributed by atoms with E-state index >= 15 is 0 Å². The highest BCUT2D eigenvalue weighted by molar-refractivity contribution is 5.45. The Morgan fingerprint density at radius 2 is 2.00 bits per heavy atom. The Morgan fingerprint density at radius 1 is 1.30 bits per heavy atom. The molecule has 0 aliphatic heterocycles. The first kappa shape index (κ1) is 14.6. The van der Waals surface area contributed by atoms with Crippen molar-refractivity contribution in [1.82, 2.24) is 15.2 Å². The predicted molar refractivity (Wildman–Crippen MR) is 79.6 cm³/mol. The molecule has 0 saturated heterocycles. The number of methoxy groups -OCH3 is 1. The van der Waals surface area contributed by atoms with Crippen molar-refractivity contribution < 1.29 is 4.74 Å². The molecule has 0 spiro atoms. The van der Waals surface area contributed by atoms with Crippen molar-refractivity contribution in [1.29, 1.82) is 0 Å². The number of hydrogen-bond acceptors (Lipinski definition) is 4. The van der Waals surface area contributed by atoms with Gasteiger partial charge < -0.3 is 4.74 Å². The van der Waals surface area contributed by atoms with Gasteiger partial charge >= 0.3 is 0 Å². The second-order valence-corrected chi connectivity index (χ2v) is 5.05. The van der Waals surface area contributed by atoms with Crippen LogP contribution in [0, 0.1) is 20.8 Å². The number of hydrazine groups is 1. The lowest BCUT2D eigenvalue weighted by Crippen LogP contribution is -2.30. The first-order valence-corrected chi connectivity index (χ1v) is 6.60. The normalized spacial score (nSPS) is 12.5. The van der Waals surface area contributed by atoms with E-state index in [1.165, 1.54) is 5.56 Å². The molecule has 0 bridgehead atoms. The van der Waals surface area contributed by atoms with Crippen LogP contribution < -0.4 is 16.0 Å². The highest BCUT2D eigenvalue weighted by Crippen LogP contribution is 2.33. The van der Waals surface area contributed by atoms with Crippen molar-refractivity contribution in [2.24, 2.45) is 12.9 Å². The van der Waals surface area contributed by atoms with E-state index in [0.717, 1.165) is 28.3 Å². The maximum atomic E-state index is 5.81. The van der Waals surface area contributed by atoms with Crippen LogP contribution in [0.1, 0.15) is 34.1 Å². The summed E-state index contributed by atoms with van der Waals surface area (Å²) in [6, 6.07) is 5.95. The fraction of sp³-hybridized carbons (Fsp3) is 0.400. The first-order valence-electron chi connectivity index (χ1n) is 6.60. The van der Waals surface area contributed by atoms with Gasteiger partial charge in [0.25, 0.3) is 0 Å². The highest BCUT2D eigenvalue weighted by Gasteiger charge is 2.23. The average Bonchev–Trinajstić information content (AvgIpc) is 2.67. The van der Waals surface area contributed by atoms with Crippen LogP contribution >= 0.6 is 0 Å². The van der Waals surface area contributed by atoms with E-state index < -0.39 is 0 Å². The molecule has 1 aromatic carbocycles. The summed E-state index contributed by atoms with van der Waals surface area (Å²) in [4.78, 5) is 0. The van der Waals surface area contributed by atoms with Crippen LogP contribution in [0.2, 0.25) is 0 Å². The minimum atomic E-state index is -0.140. The smallest absolute Gasteiger partial charge is 0.124 e. The fourth-order valence-corrected chi connectivity index (χ4v) is 2.62. The third-order valence-corrected chi connectivity index (χ3v) is 3.72. The summed E-state index contributed by atoms with van der Waals surface area (Å²) in [6.07, 6.45) is 0. The maximum Gasteiger partial charge on any atom is 0.124 e. The Labute approximate surface area is 119 Å². The molecule has 3 N–H and O–H groups in total. The van der Waals surface area contributed by atoms with E-state index in [4.69, 9.17) is 10.6 Å². The lowest BCUT2D eigenvalue weighted by molar-refractivity contribution is 0.404. The molecule has 0 aliphatic rings. The van der Waals surface area contributed by atoms with Crippen LogP contribution in [0.25, 0.3) is 0 Å². The summed E-state index contributed by atoms with van der Waals surface area (Å²) in [5.41, 5.74) is 8.24. The number of rotatable bonds is 4. The van der Waals surface area contributed by atoms with Crippen molar-refractivity contribution in [3.05, 3.63) is 46.3 Å². The third-order valence-electron chi connectivity index (χ3n) is 3.72. The molecule has 1 aromatic heterocycles. The van der Waals surface area contributed by atoms with E-state index in [-0.39, 0.29) is 6.04 Å². The predicted octanol–water partition coefficient (Wildman–Crippen LogP) is 1.91. The third kappa shape index (κ3) is 2.42. The second kappa shape index (κ2) is 5.64. The van der Waals surface area contributed by atoms with E-state index in [0.29, 0.717) is 0 Å². The molecule has 5 nitrogen and oxygen atoms in total. The second-order valence-electron chi connectivity index (χ2n) is 5.05. The molecule has 0 saturated carbocycles. The Hall–Kier alpha value is -1.85. The summed E-state index contributed by atoms with van der Waals surface area (Å²) < 4.78 is 7.34. The molecular formula is C15H22N4O. The zero-order valence-corrected chi connectivity index (χ0v) is 12.7. The van der Waals surface area contributed by atoms with Crippen LogP contribution in [-0.4, -0.2) is 16.9 Å². The molecule has 2 rings (SSSR count). The Kier molecular flexibility index (Phi) is 4.11. The largest absolute Gasteiger partial charge is 0.496 e. The number of nitrogens with two attached hydrogens (primary N) is 1.